The molecule has 0 fully saturated rings. The first-order valence-electron chi connectivity index (χ1n) is 6.35. The predicted octanol–water partition coefficient (Wildman–Crippen LogP) is 3.45. The standard InChI is InChI=1S/C15H12F3NO3S/c1-9(2)13-8-11(7-10-5-3-4-6-12(10)13)14(20)19-23(21,22)15(16,17)18/h3-8H,1H2,2H3,(H,19,20). The summed E-state index contributed by atoms with van der Waals surface area (Å²) in [4.78, 5) is 11.9. The van der Waals surface area contributed by atoms with E-state index < -0.39 is 21.4 Å². The molecule has 0 spiro atoms. The van der Waals surface area contributed by atoms with Crippen molar-refractivity contribution in [3.05, 3.63) is 54.1 Å². The lowest BCUT2D eigenvalue weighted by Crippen LogP contribution is -2.40. The first-order valence-corrected chi connectivity index (χ1v) is 7.83. The minimum absolute atomic E-state index is 0.200. The molecule has 0 aliphatic rings. The van der Waals surface area contributed by atoms with E-state index in [0.29, 0.717) is 16.5 Å². The predicted molar refractivity (Wildman–Crippen MR) is 81.1 cm³/mol. The number of sulfonamides is 1. The molecule has 122 valence electrons. The van der Waals surface area contributed by atoms with Gasteiger partial charge < -0.3 is 0 Å². The van der Waals surface area contributed by atoms with Crippen LogP contribution in [0.15, 0.2) is 43.0 Å². The summed E-state index contributed by atoms with van der Waals surface area (Å²) in [5, 5.41) is 1.35. The highest BCUT2D eigenvalue weighted by Gasteiger charge is 2.47. The molecule has 1 N–H and O–H groups in total. The Labute approximate surface area is 130 Å². The van der Waals surface area contributed by atoms with Crippen molar-refractivity contribution < 1.29 is 26.4 Å². The maximum atomic E-state index is 12.4. The fourth-order valence-electron chi connectivity index (χ4n) is 2.03. The second-order valence-electron chi connectivity index (χ2n) is 4.91. The normalized spacial score (nSPS) is 12.2. The SMILES string of the molecule is C=C(C)c1cc(C(=O)NS(=O)(=O)C(F)(F)F)cc2ccccc12. The van der Waals surface area contributed by atoms with Crippen molar-refractivity contribution in [2.75, 3.05) is 0 Å². The van der Waals surface area contributed by atoms with Gasteiger partial charge in [0.1, 0.15) is 0 Å². The summed E-state index contributed by atoms with van der Waals surface area (Å²) in [7, 11) is -5.75. The zero-order chi connectivity index (χ0) is 17.4. The van der Waals surface area contributed by atoms with Gasteiger partial charge in [0.25, 0.3) is 5.91 Å². The van der Waals surface area contributed by atoms with Crippen molar-refractivity contribution in [2.24, 2.45) is 0 Å². The van der Waals surface area contributed by atoms with Crippen LogP contribution in [-0.2, 0) is 10.0 Å². The highest BCUT2D eigenvalue weighted by Crippen LogP contribution is 2.27. The van der Waals surface area contributed by atoms with Crippen molar-refractivity contribution >= 4 is 32.3 Å². The molecule has 0 unspecified atom stereocenters. The Hall–Kier alpha value is -2.35. The molecule has 2 aromatic carbocycles. The van der Waals surface area contributed by atoms with Gasteiger partial charge in [-0.05, 0) is 35.4 Å². The van der Waals surface area contributed by atoms with Crippen LogP contribution in [0.2, 0.25) is 0 Å². The van der Waals surface area contributed by atoms with Crippen LogP contribution in [0.25, 0.3) is 16.3 Å². The van der Waals surface area contributed by atoms with Crippen LogP contribution in [0.3, 0.4) is 0 Å². The Morgan fingerprint density at radius 3 is 2.35 bits per heavy atom. The number of carbonyl (C=O) groups excluding carboxylic acids is 1. The maximum absolute atomic E-state index is 12.4. The second-order valence-corrected chi connectivity index (χ2v) is 6.58. The van der Waals surface area contributed by atoms with E-state index in [-0.39, 0.29) is 5.56 Å². The first kappa shape index (κ1) is 17.0. The summed E-state index contributed by atoms with van der Waals surface area (Å²) in [6.07, 6.45) is 0. The number of hydrogen-bond donors (Lipinski definition) is 1. The van der Waals surface area contributed by atoms with E-state index >= 15 is 0 Å². The Balaban J connectivity index is 2.52. The van der Waals surface area contributed by atoms with Gasteiger partial charge in [-0.3, -0.25) is 4.79 Å². The number of fused-ring (bicyclic) bond motifs is 1. The van der Waals surface area contributed by atoms with Crippen molar-refractivity contribution in [1.29, 1.82) is 0 Å². The lowest BCUT2D eigenvalue weighted by molar-refractivity contribution is -0.0446. The summed E-state index contributed by atoms with van der Waals surface area (Å²) in [5.74, 6) is -1.35. The van der Waals surface area contributed by atoms with E-state index in [0.717, 1.165) is 10.1 Å². The van der Waals surface area contributed by atoms with Gasteiger partial charge in [0, 0.05) is 5.56 Å². The molecule has 4 nitrogen and oxygen atoms in total. The monoisotopic (exact) mass is 343 g/mol. The molecule has 0 saturated heterocycles. The van der Waals surface area contributed by atoms with Crippen molar-refractivity contribution in [3.8, 4) is 0 Å². The number of rotatable bonds is 3. The van der Waals surface area contributed by atoms with Crippen molar-refractivity contribution in [3.63, 3.8) is 0 Å². The molecule has 0 aliphatic carbocycles. The molecule has 1 amide bonds. The molecule has 0 saturated carbocycles. The molecule has 2 rings (SSSR count). The quantitative estimate of drug-likeness (QED) is 0.928. The highest BCUT2D eigenvalue weighted by atomic mass is 32.2. The Kier molecular flexibility index (Phi) is 4.21. The van der Waals surface area contributed by atoms with Gasteiger partial charge >= 0.3 is 15.5 Å². The summed E-state index contributed by atoms with van der Waals surface area (Å²) < 4.78 is 60.2. The van der Waals surface area contributed by atoms with Gasteiger partial charge in [0.2, 0.25) is 0 Å². The number of alkyl halides is 3. The van der Waals surface area contributed by atoms with E-state index in [1.807, 2.05) is 0 Å². The van der Waals surface area contributed by atoms with Crippen LogP contribution in [-0.4, -0.2) is 19.8 Å². The number of hydrogen-bond acceptors (Lipinski definition) is 3. The Morgan fingerprint density at radius 1 is 1.17 bits per heavy atom. The summed E-state index contributed by atoms with van der Waals surface area (Å²) >= 11 is 0. The summed E-state index contributed by atoms with van der Waals surface area (Å²) in [6.45, 7) is 5.44. The van der Waals surface area contributed by atoms with Gasteiger partial charge in [-0.25, -0.2) is 4.72 Å². The number of allylic oxidation sites excluding steroid dienone is 1. The number of nitrogens with one attached hydrogen (secondary N) is 1. The molecule has 8 heteroatoms. The summed E-state index contributed by atoms with van der Waals surface area (Å²) in [6, 6.07) is 9.53. The second kappa shape index (κ2) is 5.69. The Bertz CT molecular complexity index is 902. The molecule has 0 aromatic heterocycles. The van der Waals surface area contributed by atoms with E-state index in [4.69, 9.17) is 0 Å². The third kappa shape index (κ3) is 3.37. The van der Waals surface area contributed by atoms with Crippen LogP contribution < -0.4 is 4.72 Å². The number of benzene rings is 2. The van der Waals surface area contributed by atoms with Crippen LogP contribution in [0, 0.1) is 0 Å². The van der Waals surface area contributed by atoms with Crippen molar-refractivity contribution in [2.45, 2.75) is 12.4 Å². The largest absolute Gasteiger partial charge is 0.516 e. The van der Waals surface area contributed by atoms with E-state index in [2.05, 4.69) is 6.58 Å². The molecular weight excluding hydrogens is 331 g/mol. The average molecular weight is 343 g/mol. The maximum Gasteiger partial charge on any atom is 0.516 e. The van der Waals surface area contributed by atoms with Gasteiger partial charge in [-0.15, -0.1) is 0 Å². The molecule has 0 heterocycles. The average Bonchev–Trinajstić information content (AvgIpc) is 2.44. The van der Waals surface area contributed by atoms with Crippen LogP contribution in [0.4, 0.5) is 13.2 Å². The fourth-order valence-corrected chi connectivity index (χ4v) is 2.51. The summed E-state index contributed by atoms with van der Waals surface area (Å²) in [5.41, 5.74) is -4.61. The topological polar surface area (TPSA) is 63.2 Å². The molecule has 0 atom stereocenters. The minimum atomic E-state index is -5.75. The van der Waals surface area contributed by atoms with Crippen LogP contribution >= 0.6 is 0 Å². The smallest absolute Gasteiger partial charge is 0.268 e. The van der Waals surface area contributed by atoms with E-state index in [9.17, 15) is 26.4 Å². The van der Waals surface area contributed by atoms with Crippen molar-refractivity contribution in [1.82, 2.24) is 4.72 Å². The minimum Gasteiger partial charge on any atom is -0.268 e. The van der Waals surface area contributed by atoms with Gasteiger partial charge in [0.05, 0.1) is 0 Å². The number of carbonyl (C=O) groups is 1. The van der Waals surface area contributed by atoms with Gasteiger partial charge in [-0.1, -0.05) is 36.4 Å². The molecule has 2 aromatic rings. The number of halogens is 3. The lowest BCUT2D eigenvalue weighted by atomic mass is 9.97. The zero-order valence-electron chi connectivity index (χ0n) is 11.9. The molecule has 23 heavy (non-hydrogen) atoms. The third-order valence-electron chi connectivity index (χ3n) is 3.12. The van der Waals surface area contributed by atoms with Crippen LogP contribution in [0.1, 0.15) is 22.8 Å². The molecule has 0 aliphatic heterocycles. The highest BCUT2D eigenvalue weighted by molar-refractivity contribution is 7.90. The van der Waals surface area contributed by atoms with Gasteiger partial charge in [0.15, 0.2) is 0 Å². The first-order chi connectivity index (χ1) is 10.5. The van der Waals surface area contributed by atoms with Crippen LogP contribution in [0.5, 0.6) is 0 Å². The lowest BCUT2D eigenvalue weighted by Gasteiger charge is -2.12. The molecule has 0 bridgehead atoms. The molecule has 0 radical (unpaired) electrons. The third-order valence-corrected chi connectivity index (χ3v) is 4.18. The van der Waals surface area contributed by atoms with E-state index in [1.54, 1.807) is 31.2 Å². The fraction of sp³-hybridized carbons (Fsp3) is 0.133. The number of amides is 1. The molecular formula is C15H12F3NO3S. The zero-order valence-corrected chi connectivity index (χ0v) is 12.8. The Morgan fingerprint density at radius 2 is 1.78 bits per heavy atom. The van der Waals surface area contributed by atoms with E-state index in [1.165, 1.54) is 12.1 Å². The van der Waals surface area contributed by atoms with Gasteiger partial charge in [-0.2, -0.15) is 21.6 Å².